The third-order valence-electron chi connectivity index (χ3n) is 2.65. The summed E-state index contributed by atoms with van der Waals surface area (Å²) in [7, 11) is -1.78. The molecule has 92 valence electrons. The van der Waals surface area contributed by atoms with Crippen LogP contribution in [-0.4, -0.2) is 44.8 Å². The second kappa shape index (κ2) is 5.62. The van der Waals surface area contributed by atoms with Crippen LogP contribution in [0.15, 0.2) is 0 Å². The molecule has 2 atom stereocenters. The third kappa shape index (κ3) is 3.74. The number of nitriles is 1. The summed E-state index contributed by atoms with van der Waals surface area (Å²) in [4.78, 5) is 0. The van der Waals surface area contributed by atoms with Gasteiger partial charge in [-0.3, -0.25) is 0 Å². The van der Waals surface area contributed by atoms with Gasteiger partial charge in [0.25, 0.3) is 0 Å². The summed E-state index contributed by atoms with van der Waals surface area (Å²) < 4.78 is 30.3. The topological polar surface area (TPSA) is 70.4 Å². The van der Waals surface area contributed by atoms with Gasteiger partial charge in [0.15, 0.2) is 0 Å². The SMILES string of the molecule is CC(C#N)CN(C)S(=O)(=O)CC1CCCO1. The van der Waals surface area contributed by atoms with Crippen LogP contribution in [0.25, 0.3) is 0 Å². The van der Waals surface area contributed by atoms with Crippen molar-refractivity contribution in [1.29, 1.82) is 5.26 Å². The van der Waals surface area contributed by atoms with Crippen LogP contribution < -0.4 is 0 Å². The van der Waals surface area contributed by atoms with Crippen LogP contribution in [0.5, 0.6) is 0 Å². The highest BCUT2D eigenvalue weighted by Gasteiger charge is 2.27. The molecule has 0 aliphatic carbocycles. The zero-order valence-corrected chi connectivity index (χ0v) is 10.5. The zero-order chi connectivity index (χ0) is 12.2. The van der Waals surface area contributed by atoms with Crippen molar-refractivity contribution in [3.05, 3.63) is 0 Å². The summed E-state index contributed by atoms with van der Waals surface area (Å²) >= 11 is 0. The van der Waals surface area contributed by atoms with Crippen LogP contribution in [0.3, 0.4) is 0 Å². The fourth-order valence-electron chi connectivity index (χ4n) is 1.68. The van der Waals surface area contributed by atoms with Crippen LogP contribution in [0.1, 0.15) is 19.8 Å². The highest BCUT2D eigenvalue weighted by Crippen LogP contribution is 2.15. The zero-order valence-electron chi connectivity index (χ0n) is 9.72. The van der Waals surface area contributed by atoms with E-state index in [2.05, 4.69) is 0 Å². The second-order valence-electron chi connectivity index (χ2n) is 4.22. The summed E-state index contributed by atoms with van der Waals surface area (Å²) in [5.74, 6) is -0.258. The van der Waals surface area contributed by atoms with Gasteiger partial charge in [-0.1, -0.05) is 0 Å². The van der Waals surface area contributed by atoms with Gasteiger partial charge < -0.3 is 4.74 Å². The van der Waals surface area contributed by atoms with Crippen LogP contribution in [0, 0.1) is 17.2 Å². The fourth-order valence-corrected chi connectivity index (χ4v) is 3.12. The molecule has 0 radical (unpaired) electrons. The molecular weight excluding hydrogens is 228 g/mol. The molecule has 16 heavy (non-hydrogen) atoms. The molecule has 0 aromatic heterocycles. The first kappa shape index (κ1) is 13.4. The van der Waals surface area contributed by atoms with Crippen molar-refractivity contribution >= 4 is 10.0 Å². The Kier molecular flexibility index (Phi) is 4.71. The Hall–Kier alpha value is -0.640. The van der Waals surface area contributed by atoms with Gasteiger partial charge in [-0.15, -0.1) is 0 Å². The van der Waals surface area contributed by atoms with Gasteiger partial charge in [0.2, 0.25) is 10.0 Å². The molecule has 2 unspecified atom stereocenters. The van der Waals surface area contributed by atoms with E-state index in [9.17, 15) is 8.42 Å². The summed E-state index contributed by atoms with van der Waals surface area (Å²) in [6, 6.07) is 2.02. The molecule has 6 heteroatoms. The van der Waals surface area contributed by atoms with Crippen molar-refractivity contribution in [2.45, 2.75) is 25.9 Å². The summed E-state index contributed by atoms with van der Waals surface area (Å²) in [5, 5.41) is 8.64. The quantitative estimate of drug-likeness (QED) is 0.711. The lowest BCUT2D eigenvalue weighted by Crippen LogP contribution is -2.36. The van der Waals surface area contributed by atoms with Crippen LogP contribution >= 0.6 is 0 Å². The predicted octanol–water partition coefficient (Wildman–Crippen LogP) is 0.587. The second-order valence-corrected chi connectivity index (χ2v) is 6.34. The number of hydrogen-bond acceptors (Lipinski definition) is 4. The van der Waals surface area contributed by atoms with E-state index in [4.69, 9.17) is 10.00 Å². The van der Waals surface area contributed by atoms with E-state index >= 15 is 0 Å². The van der Waals surface area contributed by atoms with E-state index in [0.29, 0.717) is 6.61 Å². The molecule has 1 saturated heterocycles. The Morgan fingerprint density at radius 1 is 1.62 bits per heavy atom. The van der Waals surface area contributed by atoms with Crippen molar-refractivity contribution in [3.8, 4) is 6.07 Å². The van der Waals surface area contributed by atoms with Gasteiger partial charge in [0, 0.05) is 20.2 Å². The van der Waals surface area contributed by atoms with Gasteiger partial charge in [-0.2, -0.15) is 5.26 Å². The minimum Gasteiger partial charge on any atom is -0.377 e. The van der Waals surface area contributed by atoms with Gasteiger partial charge in [0.05, 0.1) is 23.8 Å². The van der Waals surface area contributed by atoms with E-state index in [0.717, 1.165) is 12.8 Å². The maximum atomic E-state index is 11.9. The average molecular weight is 246 g/mol. The van der Waals surface area contributed by atoms with E-state index in [1.54, 1.807) is 6.92 Å². The monoisotopic (exact) mass is 246 g/mol. The van der Waals surface area contributed by atoms with Gasteiger partial charge in [-0.05, 0) is 19.8 Å². The molecule has 0 bridgehead atoms. The summed E-state index contributed by atoms with van der Waals surface area (Å²) in [6.07, 6.45) is 1.56. The summed E-state index contributed by atoms with van der Waals surface area (Å²) in [6.45, 7) is 2.60. The largest absolute Gasteiger partial charge is 0.377 e. The number of hydrogen-bond donors (Lipinski definition) is 0. The molecule has 0 N–H and O–H groups in total. The predicted molar refractivity (Wildman–Crippen MR) is 60.2 cm³/mol. The van der Waals surface area contributed by atoms with E-state index in [1.807, 2.05) is 6.07 Å². The van der Waals surface area contributed by atoms with E-state index < -0.39 is 10.0 Å². The highest BCUT2D eigenvalue weighted by atomic mass is 32.2. The molecule has 1 rings (SSSR count). The Morgan fingerprint density at radius 3 is 2.81 bits per heavy atom. The molecule has 0 aromatic carbocycles. The van der Waals surface area contributed by atoms with Crippen molar-refractivity contribution in [2.24, 2.45) is 5.92 Å². The summed E-state index contributed by atoms with van der Waals surface area (Å²) in [5.41, 5.74) is 0. The average Bonchev–Trinajstić information content (AvgIpc) is 2.69. The molecule has 1 fully saturated rings. The minimum absolute atomic E-state index is 0.0294. The molecule has 1 aliphatic rings. The van der Waals surface area contributed by atoms with E-state index in [1.165, 1.54) is 11.4 Å². The normalized spacial score (nSPS) is 23.2. The molecule has 0 amide bonds. The van der Waals surface area contributed by atoms with Crippen molar-refractivity contribution in [3.63, 3.8) is 0 Å². The third-order valence-corrected chi connectivity index (χ3v) is 4.54. The number of nitrogens with zero attached hydrogens (tertiary/aromatic N) is 2. The van der Waals surface area contributed by atoms with Crippen LogP contribution in [0.2, 0.25) is 0 Å². The van der Waals surface area contributed by atoms with Gasteiger partial charge in [-0.25, -0.2) is 12.7 Å². The lowest BCUT2D eigenvalue weighted by molar-refractivity contribution is 0.126. The van der Waals surface area contributed by atoms with Crippen molar-refractivity contribution in [2.75, 3.05) is 26.0 Å². The molecule has 1 aliphatic heterocycles. The first-order valence-corrected chi connectivity index (χ1v) is 7.02. The van der Waals surface area contributed by atoms with Crippen molar-refractivity contribution in [1.82, 2.24) is 4.31 Å². The highest BCUT2D eigenvalue weighted by molar-refractivity contribution is 7.89. The standard InChI is InChI=1S/C10H18N2O3S/c1-9(6-11)7-12(2)16(13,14)8-10-4-3-5-15-10/h9-10H,3-5,7-8H2,1-2H3. The fraction of sp³-hybridized carbons (Fsp3) is 0.900. The number of ether oxygens (including phenoxy) is 1. The van der Waals surface area contributed by atoms with E-state index in [-0.39, 0.29) is 24.3 Å². The number of sulfonamides is 1. The molecule has 0 aromatic rings. The molecule has 1 heterocycles. The van der Waals surface area contributed by atoms with Gasteiger partial charge >= 0.3 is 0 Å². The first-order chi connectivity index (χ1) is 7.45. The maximum absolute atomic E-state index is 11.9. The molecular formula is C10H18N2O3S. The van der Waals surface area contributed by atoms with Gasteiger partial charge in [0.1, 0.15) is 0 Å². The lowest BCUT2D eigenvalue weighted by atomic mass is 10.2. The molecule has 0 saturated carbocycles. The lowest BCUT2D eigenvalue weighted by Gasteiger charge is -2.20. The Balaban J connectivity index is 2.52. The Morgan fingerprint density at radius 2 is 2.31 bits per heavy atom. The van der Waals surface area contributed by atoms with Crippen molar-refractivity contribution < 1.29 is 13.2 Å². The molecule has 5 nitrogen and oxygen atoms in total. The smallest absolute Gasteiger partial charge is 0.216 e. The Labute approximate surface area is 97.0 Å². The maximum Gasteiger partial charge on any atom is 0.216 e. The molecule has 0 spiro atoms. The van der Waals surface area contributed by atoms with Crippen LogP contribution in [0.4, 0.5) is 0 Å². The number of rotatable bonds is 5. The minimum atomic E-state index is -3.29. The first-order valence-electron chi connectivity index (χ1n) is 5.41. The van der Waals surface area contributed by atoms with Crippen LogP contribution in [-0.2, 0) is 14.8 Å². The Bertz CT molecular complexity index is 355.